The molecular weight excluding hydrogens is 127 g/mol. The minimum absolute atomic E-state index is 0. The van der Waals surface area contributed by atoms with E-state index < -0.39 is 0 Å². The van der Waals surface area contributed by atoms with Crippen molar-refractivity contribution in [2.75, 3.05) is 7.11 Å². The number of methoxy groups -OCH3 is 1. The van der Waals surface area contributed by atoms with Crippen LogP contribution in [0.5, 0.6) is 0 Å². The number of rotatable bonds is 2. The second-order valence-corrected chi connectivity index (χ2v) is 2.22. The molecule has 0 atom stereocenters. The summed E-state index contributed by atoms with van der Waals surface area (Å²) in [5.41, 5.74) is 0. The number of esters is 1. The summed E-state index contributed by atoms with van der Waals surface area (Å²) in [6.07, 6.45) is 3.07. The van der Waals surface area contributed by atoms with Gasteiger partial charge in [0.1, 0.15) is 0 Å². The van der Waals surface area contributed by atoms with Crippen LogP contribution in [-0.2, 0) is 9.53 Å². The Morgan fingerprint density at radius 2 is 2.22 bits per heavy atom. The van der Waals surface area contributed by atoms with Crippen molar-refractivity contribution in [3.8, 4) is 0 Å². The fraction of sp³-hybridized carbons (Fsp3) is 0.833. The molecule has 0 N–H and O–H groups in total. The summed E-state index contributed by atoms with van der Waals surface area (Å²) in [6, 6.07) is 0. The van der Waals surface area contributed by atoms with Gasteiger partial charge in [0.2, 0.25) is 0 Å². The van der Waals surface area contributed by atoms with Crippen molar-refractivity contribution in [2.24, 2.45) is 5.92 Å². The maximum Gasteiger partial charge on any atom is 0.305 e. The molecule has 0 saturated heterocycles. The third kappa shape index (κ3) is 3.95. The standard InChI is InChI=1S/C6H10O2.Na/c1-8-6(7)4-5-2-3-5;/h5H,2-4H2,1H3;. The van der Waals surface area contributed by atoms with E-state index in [1.54, 1.807) is 0 Å². The summed E-state index contributed by atoms with van der Waals surface area (Å²) in [7, 11) is 1.44. The normalized spacial score (nSPS) is 16.1. The van der Waals surface area contributed by atoms with Crippen molar-refractivity contribution in [2.45, 2.75) is 19.3 Å². The van der Waals surface area contributed by atoms with Gasteiger partial charge in [-0.3, -0.25) is 4.79 Å². The van der Waals surface area contributed by atoms with Gasteiger partial charge in [0.25, 0.3) is 0 Å². The van der Waals surface area contributed by atoms with Gasteiger partial charge in [0, 0.05) is 36.0 Å². The fourth-order valence-electron chi connectivity index (χ4n) is 0.641. The number of carbonyl (C=O) groups excluding carboxylic acids is 1. The second-order valence-electron chi connectivity index (χ2n) is 2.22. The van der Waals surface area contributed by atoms with Crippen molar-refractivity contribution >= 4 is 35.5 Å². The zero-order valence-corrected chi connectivity index (χ0v) is 8.02. The smallest absolute Gasteiger partial charge is 0.305 e. The molecule has 47 valence electrons. The molecule has 0 aromatic carbocycles. The second kappa shape index (κ2) is 4.31. The predicted octanol–water partition coefficient (Wildman–Crippen LogP) is 0.579. The fourth-order valence-corrected chi connectivity index (χ4v) is 0.641. The summed E-state index contributed by atoms with van der Waals surface area (Å²) in [5, 5.41) is 0. The summed E-state index contributed by atoms with van der Waals surface area (Å²) in [4.78, 5) is 10.4. The molecular formula is C6H10NaO2. The molecule has 0 aliphatic heterocycles. The molecule has 0 heterocycles. The van der Waals surface area contributed by atoms with Gasteiger partial charge in [-0.2, -0.15) is 0 Å². The maximum atomic E-state index is 10.4. The van der Waals surface area contributed by atoms with Gasteiger partial charge in [0.05, 0.1) is 7.11 Å². The molecule has 1 aliphatic rings. The van der Waals surface area contributed by atoms with E-state index >= 15 is 0 Å². The molecule has 0 aromatic rings. The monoisotopic (exact) mass is 137 g/mol. The number of hydrogen-bond donors (Lipinski definition) is 0. The molecule has 1 aliphatic carbocycles. The van der Waals surface area contributed by atoms with Gasteiger partial charge in [-0.1, -0.05) is 0 Å². The first-order valence-corrected chi connectivity index (χ1v) is 2.89. The molecule has 2 nitrogen and oxygen atoms in total. The Balaban J connectivity index is 0.000000640. The van der Waals surface area contributed by atoms with Crippen LogP contribution in [0.15, 0.2) is 0 Å². The van der Waals surface area contributed by atoms with Crippen LogP contribution in [0.4, 0.5) is 0 Å². The SMILES string of the molecule is COC(=O)CC1CC1.[Na]. The minimum atomic E-state index is -0.0625. The topological polar surface area (TPSA) is 26.3 Å². The molecule has 0 spiro atoms. The van der Waals surface area contributed by atoms with Crippen LogP contribution in [-0.4, -0.2) is 42.6 Å². The van der Waals surface area contributed by atoms with Crippen LogP contribution in [0.2, 0.25) is 0 Å². The molecule has 0 aromatic heterocycles. The number of hydrogen-bond acceptors (Lipinski definition) is 2. The quantitative estimate of drug-likeness (QED) is 0.411. The Hall–Kier alpha value is 0.470. The average Bonchev–Trinajstić information content (AvgIpc) is 2.50. The van der Waals surface area contributed by atoms with Crippen LogP contribution >= 0.6 is 0 Å². The first-order valence-electron chi connectivity index (χ1n) is 2.89. The summed E-state index contributed by atoms with van der Waals surface area (Å²) in [6.45, 7) is 0. The van der Waals surface area contributed by atoms with E-state index in [1.807, 2.05) is 0 Å². The van der Waals surface area contributed by atoms with Gasteiger partial charge in [-0.15, -0.1) is 0 Å². The molecule has 0 unspecified atom stereocenters. The predicted molar refractivity (Wildman–Crippen MR) is 35.1 cm³/mol. The van der Waals surface area contributed by atoms with Crippen LogP contribution in [0.3, 0.4) is 0 Å². The molecule has 1 rings (SSSR count). The third-order valence-corrected chi connectivity index (χ3v) is 1.38. The van der Waals surface area contributed by atoms with Crippen molar-refractivity contribution in [3.63, 3.8) is 0 Å². The van der Waals surface area contributed by atoms with E-state index in [0.29, 0.717) is 12.3 Å². The Kier molecular flexibility index (Phi) is 4.54. The van der Waals surface area contributed by atoms with Crippen LogP contribution in [0, 0.1) is 5.92 Å². The van der Waals surface area contributed by atoms with Gasteiger partial charge >= 0.3 is 5.97 Å². The molecule has 0 amide bonds. The van der Waals surface area contributed by atoms with Crippen LogP contribution < -0.4 is 0 Å². The zero-order chi connectivity index (χ0) is 5.98. The first kappa shape index (κ1) is 9.47. The molecule has 1 saturated carbocycles. The molecule has 9 heavy (non-hydrogen) atoms. The minimum Gasteiger partial charge on any atom is -0.469 e. The van der Waals surface area contributed by atoms with Gasteiger partial charge in [-0.25, -0.2) is 0 Å². The molecule has 3 heteroatoms. The number of ether oxygens (including phenoxy) is 1. The van der Waals surface area contributed by atoms with Crippen molar-refractivity contribution < 1.29 is 9.53 Å². The number of carbonyl (C=O) groups is 1. The van der Waals surface area contributed by atoms with Crippen molar-refractivity contribution in [1.82, 2.24) is 0 Å². The van der Waals surface area contributed by atoms with Gasteiger partial charge < -0.3 is 4.74 Å². The molecule has 1 radical (unpaired) electrons. The van der Waals surface area contributed by atoms with E-state index in [9.17, 15) is 4.79 Å². The van der Waals surface area contributed by atoms with Crippen LogP contribution in [0.1, 0.15) is 19.3 Å². The Labute approximate surface area is 77.2 Å². The Morgan fingerprint density at radius 3 is 2.56 bits per heavy atom. The van der Waals surface area contributed by atoms with E-state index in [0.717, 1.165) is 0 Å². The molecule has 1 fully saturated rings. The van der Waals surface area contributed by atoms with Gasteiger partial charge in [-0.05, 0) is 18.8 Å². The zero-order valence-electron chi connectivity index (χ0n) is 6.02. The Bertz CT molecular complexity index is 99.2. The Morgan fingerprint density at radius 1 is 1.67 bits per heavy atom. The first-order chi connectivity index (χ1) is 3.83. The van der Waals surface area contributed by atoms with E-state index in [4.69, 9.17) is 0 Å². The average molecular weight is 137 g/mol. The maximum absolute atomic E-state index is 10.4. The molecule has 0 bridgehead atoms. The van der Waals surface area contributed by atoms with Crippen molar-refractivity contribution in [1.29, 1.82) is 0 Å². The third-order valence-electron chi connectivity index (χ3n) is 1.38. The van der Waals surface area contributed by atoms with Gasteiger partial charge in [0.15, 0.2) is 0 Å². The van der Waals surface area contributed by atoms with Crippen LogP contribution in [0.25, 0.3) is 0 Å². The van der Waals surface area contributed by atoms with E-state index in [1.165, 1.54) is 20.0 Å². The largest absolute Gasteiger partial charge is 0.469 e. The van der Waals surface area contributed by atoms with Crippen molar-refractivity contribution in [3.05, 3.63) is 0 Å². The van der Waals surface area contributed by atoms with E-state index in [2.05, 4.69) is 4.74 Å². The van der Waals surface area contributed by atoms with E-state index in [-0.39, 0.29) is 35.5 Å². The summed E-state index contributed by atoms with van der Waals surface area (Å²) in [5.74, 6) is 0.593. The summed E-state index contributed by atoms with van der Waals surface area (Å²) >= 11 is 0. The summed E-state index contributed by atoms with van der Waals surface area (Å²) < 4.78 is 4.46.